The lowest BCUT2D eigenvalue weighted by Crippen LogP contribution is -2.21. The Morgan fingerprint density at radius 2 is 1.86 bits per heavy atom. The van der Waals surface area contributed by atoms with Gasteiger partial charge in [0.05, 0.1) is 5.75 Å². The van der Waals surface area contributed by atoms with Crippen molar-refractivity contribution in [3.05, 3.63) is 58.6 Å². The standard InChI is InChI=1S/C19H18BrN5O2S2/c1-25(2)17(27)12-6-8-14(9-7-12)21-16(26)11-28-19-24-23-18(29-19)22-15-5-3-4-13(20)10-15/h3-10H,11H2,1-2H3,(H,21,26)(H,22,23). The molecule has 3 aromatic rings. The Morgan fingerprint density at radius 3 is 2.55 bits per heavy atom. The van der Waals surface area contributed by atoms with E-state index in [0.29, 0.717) is 20.7 Å². The number of carbonyl (C=O) groups excluding carboxylic acids is 2. The zero-order valence-electron chi connectivity index (χ0n) is 15.7. The molecule has 2 amide bonds. The molecular weight excluding hydrogens is 474 g/mol. The number of thioether (sulfide) groups is 1. The second-order valence-corrected chi connectivity index (χ2v) is 9.24. The van der Waals surface area contributed by atoms with Gasteiger partial charge in [-0.25, -0.2) is 0 Å². The van der Waals surface area contributed by atoms with E-state index in [0.717, 1.165) is 10.2 Å². The lowest BCUT2D eigenvalue weighted by atomic mass is 10.2. The molecule has 0 unspecified atom stereocenters. The molecule has 2 aromatic carbocycles. The summed E-state index contributed by atoms with van der Waals surface area (Å²) in [6.45, 7) is 0. The molecule has 0 radical (unpaired) electrons. The molecule has 29 heavy (non-hydrogen) atoms. The van der Waals surface area contributed by atoms with Gasteiger partial charge in [-0.15, -0.1) is 10.2 Å². The van der Waals surface area contributed by atoms with Crippen LogP contribution in [-0.4, -0.2) is 46.8 Å². The van der Waals surface area contributed by atoms with Crippen molar-refractivity contribution in [2.45, 2.75) is 4.34 Å². The van der Waals surface area contributed by atoms with E-state index >= 15 is 0 Å². The molecule has 0 aliphatic heterocycles. The highest BCUT2D eigenvalue weighted by Gasteiger charge is 2.11. The third kappa shape index (κ3) is 6.28. The number of anilines is 3. The number of carbonyl (C=O) groups is 2. The number of hydrogen-bond donors (Lipinski definition) is 2. The van der Waals surface area contributed by atoms with Crippen molar-refractivity contribution < 1.29 is 9.59 Å². The molecule has 0 fully saturated rings. The average molecular weight is 492 g/mol. The Labute approximate surface area is 185 Å². The highest BCUT2D eigenvalue weighted by atomic mass is 79.9. The third-order valence-electron chi connectivity index (χ3n) is 3.63. The van der Waals surface area contributed by atoms with E-state index in [9.17, 15) is 9.59 Å². The van der Waals surface area contributed by atoms with Gasteiger partial charge < -0.3 is 15.5 Å². The fourth-order valence-corrected chi connectivity index (χ4v) is 4.26. The van der Waals surface area contributed by atoms with Gasteiger partial charge in [0.1, 0.15) is 0 Å². The molecule has 0 spiro atoms. The Kier molecular flexibility index (Phi) is 7.24. The Morgan fingerprint density at radius 1 is 1.10 bits per heavy atom. The topological polar surface area (TPSA) is 87.2 Å². The van der Waals surface area contributed by atoms with Crippen molar-refractivity contribution in [1.82, 2.24) is 15.1 Å². The van der Waals surface area contributed by atoms with Crippen molar-refractivity contribution in [1.29, 1.82) is 0 Å². The molecule has 0 bridgehead atoms. The molecule has 10 heteroatoms. The second-order valence-electron chi connectivity index (χ2n) is 6.12. The summed E-state index contributed by atoms with van der Waals surface area (Å²) < 4.78 is 1.67. The average Bonchev–Trinajstić information content (AvgIpc) is 3.14. The van der Waals surface area contributed by atoms with E-state index in [1.165, 1.54) is 28.0 Å². The van der Waals surface area contributed by atoms with E-state index in [2.05, 4.69) is 36.8 Å². The fourth-order valence-electron chi connectivity index (χ4n) is 2.29. The SMILES string of the molecule is CN(C)C(=O)c1ccc(NC(=O)CSc2nnc(Nc3cccc(Br)c3)s2)cc1. The first-order chi connectivity index (χ1) is 13.9. The van der Waals surface area contributed by atoms with Crippen LogP contribution in [0, 0.1) is 0 Å². The predicted octanol–water partition coefficient (Wildman–Crippen LogP) is 4.48. The highest BCUT2D eigenvalue weighted by molar-refractivity contribution is 9.10. The minimum absolute atomic E-state index is 0.0815. The molecule has 0 saturated carbocycles. The Balaban J connectivity index is 1.49. The number of hydrogen-bond acceptors (Lipinski definition) is 7. The van der Waals surface area contributed by atoms with Crippen molar-refractivity contribution in [2.75, 3.05) is 30.5 Å². The van der Waals surface area contributed by atoms with E-state index in [-0.39, 0.29) is 17.6 Å². The zero-order valence-corrected chi connectivity index (χ0v) is 18.9. The van der Waals surface area contributed by atoms with Gasteiger partial charge in [-0.2, -0.15) is 0 Å². The molecule has 3 rings (SSSR count). The molecule has 2 N–H and O–H groups in total. The molecule has 0 aliphatic rings. The summed E-state index contributed by atoms with van der Waals surface area (Å²) in [5.74, 6) is -0.0236. The number of aromatic nitrogens is 2. The molecular formula is C19H18BrN5O2S2. The highest BCUT2D eigenvalue weighted by Crippen LogP contribution is 2.28. The molecule has 0 atom stereocenters. The lowest BCUT2D eigenvalue weighted by Gasteiger charge is -2.10. The van der Waals surface area contributed by atoms with Gasteiger partial charge in [-0.3, -0.25) is 9.59 Å². The summed E-state index contributed by atoms with van der Waals surface area (Å²) in [5, 5.41) is 14.8. The fraction of sp³-hybridized carbons (Fsp3) is 0.158. The van der Waals surface area contributed by atoms with Gasteiger partial charge >= 0.3 is 0 Å². The summed E-state index contributed by atoms with van der Waals surface area (Å²) in [7, 11) is 3.39. The number of nitrogens with zero attached hydrogens (tertiary/aromatic N) is 3. The van der Waals surface area contributed by atoms with Gasteiger partial charge in [0.25, 0.3) is 5.91 Å². The maximum atomic E-state index is 12.2. The van der Waals surface area contributed by atoms with Crippen molar-refractivity contribution in [3.8, 4) is 0 Å². The number of rotatable bonds is 7. The van der Waals surface area contributed by atoms with Crippen LogP contribution in [0.2, 0.25) is 0 Å². The maximum absolute atomic E-state index is 12.2. The maximum Gasteiger partial charge on any atom is 0.253 e. The van der Waals surface area contributed by atoms with E-state index in [4.69, 9.17) is 0 Å². The van der Waals surface area contributed by atoms with E-state index in [1.807, 2.05) is 24.3 Å². The first-order valence-corrected chi connectivity index (χ1v) is 11.1. The number of benzene rings is 2. The zero-order chi connectivity index (χ0) is 20.8. The van der Waals surface area contributed by atoms with Crippen LogP contribution in [0.25, 0.3) is 0 Å². The number of amides is 2. The summed E-state index contributed by atoms with van der Waals surface area (Å²) in [6, 6.07) is 14.6. The lowest BCUT2D eigenvalue weighted by molar-refractivity contribution is -0.113. The van der Waals surface area contributed by atoms with Crippen LogP contribution in [0.1, 0.15) is 10.4 Å². The van der Waals surface area contributed by atoms with Gasteiger partial charge in [0, 0.05) is 35.5 Å². The van der Waals surface area contributed by atoms with Crippen LogP contribution in [0.3, 0.4) is 0 Å². The van der Waals surface area contributed by atoms with Crippen LogP contribution in [0.15, 0.2) is 57.3 Å². The van der Waals surface area contributed by atoms with Crippen LogP contribution < -0.4 is 10.6 Å². The minimum Gasteiger partial charge on any atom is -0.345 e. The van der Waals surface area contributed by atoms with Crippen molar-refractivity contribution in [2.24, 2.45) is 0 Å². The largest absolute Gasteiger partial charge is 0.345 e. The molecule has 1 aromatic heterocycles. The van der Waals surface area contributed by atoms with Crippen LogP contribution in [-0.2, 0) is 4.79 Å². The van der Waals surface area contributed by atoms with E-state index < -0.39 is 0 Å². The second kappa shape index (κ2) is 9.86. The summed E-state index contributed by atoms with van der Waals surface area (Å²) in [6.07, 6.45) is 0. The molecule has 0 saturated heterocycles. The van der Waals surface area contributed by atoms with Gasteiger partial charge in [0.2, 0.25) is 11.0 Å². The first-order valence-electron chi connectivity index (χ1n) is 8.51. The monoisotopic (exact) mass is 491 g/mol. The smallest absolute Gasteiger partial charge is 0.253 e. The van der Waals surface area contributed by atoms with Crippen LogP contribution >= 0.6 is 39.0 Å². The minimum atomic E-state index is -0.154. The quantitative estimate of drug-likeness (QED) is 0.473. The summed E-state index contributed by atoms with van der Waals surface area (Å²) >= 11 is 6.12. The first kappa shape index (κ1) is 21.3. The van der Waals surface area contributed by atoms with Gasteiger partial charge in [-0.05, 0) is 42.5 Å². The molecule has 7 nitrogen and oxygen atoms in total. The van der Waals surface area contributed by atoms with E-state index in [1.54, 1.807) is 38.4 Å². The summed E-state index contributed by atoms with van der Waals surface area (Å²) in [5.41, 5.74) is 2.11. The van der Waals surface area contributed by atoms with Crippen LogP contribution in [0.5, 0.6) is 0 Å². The number of nitrogens with one attached hydrogen (secondary N) is 2. The number of halogens is 1. The van der Waals surface area contributed by atoms with Crippen molar-refractivity contribution in [3.63, 3.8) is 0 Å². The normalized spacial score (nSPS) is 10.4. The van der Waals surface area contributed by atoms with Gasteiger partial charge in [0.15, 0.2) is 4.34 Å². The Hall–Kier alpha value is -2.43. The molecule has 150 valence electrons. The third-order valence-corrected chi connectivity index (χ3v) is 6.10. The van der Waals surface area contributed by atoms with Crippen molar-refractivity contribution >= 4 is 67.3 Å². The van der Waals surface area contributed by atoms with Gasteiger partial charge in [-0.1, -0.05) is 45.1 Å². The summed E-state index contributed by atoms with van der Waals surface area (Å²) in [4.78, 5) is 25.6. The Bertz CT molecular complexity index is 1010. The predicted molar refractivity (Wildman–Crippen MR) is 121 cm³/mol. The van der Waals surface area contributed by atoms with Crippen LogP contribution in [0.4, 0.5) is 16.5 Å². The molecule has 1 heterocycles. The molecule has 0 aliphatic carbocycles.